The van der Waals surface area contributed by atoms with Gasteiger partial charge in [0.2, 0.25) is 0 Å². The molecule has 0 bridgehead atoms. The molecule has 0 fully saturated rings. The van der Waals surface area contributed by atoms with Crippen LogP contribution in [0.1, 0.15) is 46.0 Å². The third-order valence-electron chi connectivity index (χ3n) is 4.33. The average molecular weight is 298 g/mol. The number of allylic oxidation sites excluding steroid dienone is 1. The van der Waals surface area contributed by atoms with Crippen molar-refractivity contribution in [2.45, 2.75) is 57.7 Å². The molecule has 5 nitrogen and oxygen atoms in total. The van der Waals surface area contributed by atoms with Crippen LogP contribution in [0.15, 0.2) is 23.8 Å². The van der Waals surface area contributed by atoms with Gasteiger partial charge in [0.25, 0.3) is 0 Å². The molecule has 0 heterocycles. The fourth-order valence-corrected chi connectivity index (χ4v) is 2.73. The van der Waals surface area contributed by atoms with Crippen LogP contribution in [-0.4, -0.2) is 35.1 Å². The van der Waals surface area contributed by atoms with Gasteiger partial charge in [-0.2, -0.15) is 0 Å². The van der Waals surface area contributed by atoms with Crippen molar-refractivity contribution in [3.63, 3.8) is 0 Å². The fraction of sp³-hybridized carbons (Fsp3) is 0.688. The molecule has 1 rings (SSSR count). The first-order valence-corrected chi connectivity index (χ1v) is 7.27. The topological polar surface area (TPSA) is 76.0 Å². The van der Waals surface area contributed by atoms with Crippen LogP contribution in [0.5, 0.6) is 0 Å². The molecule has 0 unspecified atom stereocenters. The Labute approximate surface area is 126 Å². The Bertz CT molecular complexity index is 411. The van der Waals surface area contributed by atoms with Crippen molar-refractivity contribution in [1.29, 1.82) is 0 Å². The van der Waals surface area contributed by atoms with E-state index in [1.54, 1.807) is 13.8 Å². The van der Waals surface area contributed by atoms with Gasteiger partial charge in [-0.15, -0.1) is 0 Å². The minimum atomic E-state index is -0.871. The number of methoxy groups -OCH3 is 1. The molecule has 1 aliphatic carbocycles. The van der Waals surface area contributed by atoms with Gasteiger partial charge in [-0.25, -0.2) is 9.68 Å². The molecular formula is C16H26O5. The molecule has 0 aliphatic heterocycles. The van der Waals surface area contributed by atoms with E-state index in [-0.39, 0.29) is 11.9 Å². The zero-order chi connectivity index (χ0) is 16.0. The number of hydrogen-bond acceptors (Lipinski definition) is 5. The Morgan fingerprint density at radius 3 is 2.71 bits per heavy atom. The molecule has 0 aromatic rings. The lowest BCUT2D eigenvalue weighted by atomic mass is 9.76. The number of esters is 1. The van der Waals surface area contributed by atoms with Gasteiger partial charge in [-0.1, -0.05) is 12.7 Å². The predicted octanol–water partition coefficient (Wildman–Crippen LogP) is 2.85. The lowest BCUT2D eigenvalue weighted by Gasteiger charge is -2.35. The van der Waals surface area contributed by atoms with Crippen LogP contribution in [0.2, 0.25) is 0 Å². The summed E-state index contributed by atoms with van der Waals surface area (Å²) in [7, 11) is 1.37. The largest absolute Gasteiger partial charge is 0.466 e. The highest BCUT2D eigenvalue weighted by Gasteiger charge is 2.34. The SMILES string of the molecule is C=C(C)[C@@H](CC[C@@](C)(O)[C@H]1CC=C(C(=O)OC)CC1)OO. The van der Waals surface area contributed by atoms with Gasteiger partial charge in [-0.05, 0) is 57.4 Å². The Morgan fingerprint density at radius 1 is 1.62 bits per heavy atom. The fourth-order valence-electron chi connectivity index (χ4n) is 2.73. The number of ether oxygens (including phenoxy) is 1. The molecule has 5 heteroatoms. The molecule has 21 heavy (non-hydrogen) atoms. The van der Waals surface area contributed by atoms with E-state index in [9.17, 15) is 9.90 Å². The highest BCUT2D eigenvalue weighted by atomic mass is 17.1. The summed E-state index contributed by atoms with van der Waals surface area (Å²) < 4.78 is 4.71. The molecule has 0 radical (unpaired) electrons. The highest BCUT2D eigenvalue weighted by molar-refractivity contribution is 5.88. The summed E-state index contributed by atoms with van der Waals surface area (Å²) in [6.45, 7) is 7.32. The normalized spacial score (nSPS) is 22.9. The van der Waals surface area contributed by atoms with Crippen molar-refractivity contribution in [3.05, 3.63) is 23.8 Å². The second-order valence-electron chi connectivity index (χ2n) is 6.03. The van der Waals surface area contributed by atoms with Crippen LogP contribution in [0.4, 0.5) is 0 Å². The molecular weight excluding hydrogens is 272 g/mol. The standard InChI is InChI=1S/C16H26O5/c1-11(2)14(21-19)9-10-16(3,18)13-7-5-12(6-8-13)15(17)20-4/h5,13-14,18-19H,1,6-10H2,2-4H3/t13-,14+,16+/m0/s1. The van der Waals surface area contributed by atoms with E-state index in [4.69, 9.17) is 9.99 Å². The third kappa shape index (κ3) is 4.95. The minimum absolute atomic E-state index is 0.0790. The number of hydrogen-bond donors (Lipinski definition) is 2. The summed E-state index contributed by atoms with van der Waals surface area (Å²) in [6, 6.07) is 0. The number of carbonyl (C=O) groups is 1. The molecule has 120 valence electrons. The summed E-state index contributed by atoms with van der Waals surface area (Å²) in [5.41, 5.74) is 0.539. The Hall–Kier alpha value is -1.17. The predicted molar refractivity (Wildman–Crippen MR) is 79.6 cm³/mol. The van der Waals surface area contributed by atoms with Crippen LogP contribution in [0.3, 0.4) is 0 Å². The lowest BCUT2D eigenvalue weighted by Crippen LogP contribution is -2.37. The van der Waals surface area contributed by atoms with E-state index in [0.29, 0.717) is 31.3 Å². The quantitative estimate of drug-likeness (QED) is 0.327. The van der Waals surface area contributed by atoms with Gasteiger partial charge in [0, 0.05) is 5.57 Å². The Balaban J connectivity index is 2.58. The minimum Gasteiger partial charge on any atom is -0.466 e. The van der Waals surface area contributed by atoms with E-state index < -0.39 is 11.7 Å². The van der Waals surface area contributed by atoms with Gasteiger partial charge in [-0.3, -0.25) is 5.26 Å². The maximum Gasteiger partial charge on any atom is 0.333 e. The summed E-state index contributed by atoms with van der Waals surface area (Å²) in [6.07, 6.45) is 4.41. The van der Waals surface area contributed by atoms with Gasteiger partial charge < -0.3 is 9.84 Å². The molecule has 0 spiro atoms. The summed E-state index contributed by atoms with van der Waals surface area (Å²) in [5, 5.41) is 19.5. The maximum atomic E-state index is 11.4. The molecule has 0 amide bonds. The Kier molecular flexibility index (Phi) is 6.58. The van der Waals surface area contributed by atoms with E-state index in [1.165, 1.54) is 7.11 Å². The van der Waals surface area contributed by atoms with Crippen LogP contribution in [0, 0.1) is 5.92 Å². The highest BCUT2D eigenvalue weighted by Crippen LogP contribution is 2.35. The number of carbonyl (C=O) groups excluding carboxylic acids is 1. The van der Waals surface area contributed by atoms with Gasteiger partial charge in [0.05, 0.1) is 12.7 Å². The summed E-state index contributed by atoms with van der Waals surface area (Å²) >= 11 is 0. The molecule has 1 aliphatic rings. The molecule has 0 saturated heterocycles. The first kappa shape index (κ1) is 17.9. The average Bonchev–Trinajstić information content (AvgIpc) is 2.46. The van der Waals surface area contributed by atoms with Crippen LogP contribution < -0.4 is 0 Å². The number of aliphatic hydroxyl groups is 1. The second kappa shape index (κ2) is 7.73. The zero-order valence-electron chi connectivity index (χ0n) is 13.1. The lowest BCUT2D eigenvalue weighted by molar-refractivity contribution is -0.271. The van der Waals surface area contributed by atoms with Gasteiger partial charge in [0.15, 0.2) is 0 Å². The van der Waals surface area contributed by atoms with Crippen molar-refractivity contribution < 1.29 is 24.8 Å². The number of rotatable bonds is 7. The first-order valence-electron chi connectivity index (χ1n) is 7.27. The Morgan fingerprint density at radius 2 is 2.29 bits per heavy atom. The first-order chi connectivity index (χ1) is 9.81. The van der Waals surface area contributed by atoms with Crippen molar-refractivity contribution in [2.75, 3.05) is 7.11 Å². The van der Waals surface area contributed by atoms with E-state index in [2.05, 4.69) is 11.5 Å². The van der Waals surface area contributed by atoms with Crippen molar-refractivity contribution in [2.24, 2.45) is 5.92 Å². The maximum absolute atomic E-state index is 11.4. The molecule has 2 N–H and O–H groups in total. The molecule has 0 aromatic heterocycles. The monoisotopic (exact) mass is 298 g/mol. The summed E-state index contributed by atoms with van der Waals surface area (Å²) in [5.74, 6) is -0.209. The zero-order valence-corrected chi connectivity index (χ0v) is 13.1. The van der Waals surface area contributed by atoms with Crippen molar-refractivity contribution in [1.82, 2.24) is 0 Å². The van der Waals surface area contributed by atoms with Crippen molar-refractivity contribution in [3.8, 4) is 0 Å². The van der Waals surface area contributed by atoms with Crippen LogP contribution in [-0.2, 0) is 14.4 Å². The van der Waals surface area contributed by atoms with E-state index in [0.717, 1.165) is 12.0 Å². The van der Waals surface area contributed by atoms with E-state index in [1.807, 2.05) is 6.08 Å². The molecule has 0 aromatic carbocycles. The third-order valence-corrected chi connectivity index (χ3v) is 4.33. The van der Waals surface area contributed by atoms with Crippen LogP contribution in [0.25, 0.3) is 0 Å². The van der Waals surface area contributed by atoms with E-state index >= 15 is 0 Å². The molecule has 0 saturated carbocycles. The molecule has 3 atom stereocenters. The summed E-state index contributed by atoms with van der Waals surface area (Å²) in [4.78, 5) is 15.8. The smallest absolute Gasteiger partial charge is 0.333 e. The van der Waals surface area contributed by atoms with Gasteiger partial charge in [0.1, 0.15) is 6.10 Å². The van der Waals surface area contributed by atoms with Crippen LogP contribution >= 0.6 is 0 Å². The second-order valence-corrected chi connectivity index (χ2v) is 6.03. The van der Waals surface area contributed by atoms with Gasteiger partial charge >= 0.3 is 5.97 Å². The van der Waals surface area contributed by atoms with Crippen molar-refractivity contribution >= 4 is 5.97 Å².